The highest BCUT2D eigenvalue weighted by atomic mass is 15.2. The molecule has 0 atom stereocenters. The number of hydrogen-bond acceptors (Lipinski definition) is 3. The Hall–Kier alpha value is -12.4. The molecule has 6 nitrogen and oxygen atoms in total. The number of anilines is 6. The maximum atomic E-state index is 12.5. The van der Waals surface area contributed by atoms with Gasteiger partial charge in [0.1, 0.15) is 11.6 Å². The van der Waals surface area contributed by atoms with Crippen LogP contribution in [0.15, 0.2) is 309 Å². The van der Waals surface area contributed by atoms with Gasteiger partial charge >= 0.3 is 0 Å². The number of aromatic nitrogens is 3. The zero-order valence-electron chi connectivity index (χ0n) is 64.1. The Balaban J connectivity index is 0.997. The lowest BCUT2D eigenvalue weighted by Gasteiger charge is -2.45. The van der Waals surface area contributed by atoms with E-state index >= 15 is 0 Å². The van der Waals surface area contributed by atoms with Crippen LogP contribution in [0.5, 0.6) is 0 Å². The van der Waals surface area contributed by atoms with Crippen molar-refractivity contribution in [2.24, 2.45) is 0 Å². The van der Waals surface area contributed by atoms with E-state index in [0.29, 0.717) is 22.6 Å². The minimum atomic E-state index is -0.557. The summed E-state index contributed by atoms with van der Waals surface area (Å²) in [5.41, 5.74) is 21.6. The smallest absolute Gasteiger partial charge is 0.252 e. The van der Waals surface area contributed by atoms with E-state index in [1.54, 1.807) is 4.57 Å². The van der Waals surface area contributed by atoms with Gasteiger partial charge in [-0.25, -0.2) is 0 Å². The van der Waals surface area contributed by atoms with E-state index in [9.17, 15) is 13.5 Å². The Morgan fingerprint density at radius 1 is 0.310 bits per heavy atom. The molecular weight excluding hydrogens is 1210 g/mol. The van der Waals surface area contributed by atoms with E-state index in [1.807, 2.05) is 48.5 Å². The predicted molar refractivity (Wildman–Crippen MR) is 422 cm³/mol. The highest BCUT2D eigenvalue weighted by molar-refractivity contribution is 7.00. The van der Waals surface area contributed by atoms with Crippen LogP contribution in [0.4, 0.5) is 34.1 Å². The molecule has 474 valence electrons. The second kappa shape index (κ2) is 22.3. The Bertz CT molecular complexity index is 6520. The quantitative estimate of drug-likeness (QED) is 0.142. The lowest BCUT2D eigenvalue weighted by molar-refractivity contribution is 0.569. The number of fused-ring (bicyclic) bond motifs is 13. The molecule has 0 N–H and O–H groups in total. The Morgan fingerprint density at radius 2 is 0.750 bits per heavy atom. The van der Waals surface area contributed by atoms with E-state index in [2.05, 4.69) is 279 Å². The maximum Gasteiger partial charge on any atom is 0.252 e. The second-order valence-corrected chi connectivity index (χ2v) is 28.6. The molecule has 19 rings (SSSR count). The molecule has 17 aromatic rings. The van der Waals surface area contributed by atoms with Crippen LogP contribution in [0.2, 0.25) is 0 Å². The highest BCUT2D eigenvalue weighted by Gasteiger charge is 2.45. The third-order valence-electron chi connectivity index (χ3n) is 20.8. The summed E-state index contributed by atoms with van der Waals surface area (Å²) in [5, 5.41) is 16.7. The van der Waals surface area contributed by atoms with Crippen LogP contribution in [-0.2, 0) is 10.8 Å². The number of rotatable bonds is 8. The molecule has 0 saturated heterocycles. The van der Waals surface area contributed by atoms with Crippen LogP contribution in [0.1, 0.15) is 69.2 Å². The first-order valence-electron chi connectivity index (χ1n) is 38.2. The zero-order valence-corrected chi connectivity index (χ0v) is 56.1. The molecule has 5 heterocycles. The van der Waals surface area contributed by atoms with Gasteiger partial charge in [-0.15, -0.1) is 0 Å². The first-order chi connectivity index (χ1) is 52.2. The lowest BCUT2D eigenvalue weighted by atomic mass is 9.33. The van der Waals surface area contributed by atoms with Crippen molar-refractivity contribution < 1.29 is 11.0 Å². The molecule has 0 saturated carbocycles. The zero-order chi connectivity index (χ0) is 74.2. The van der Waals surface area contributed by atoms with Gasteiger partial charge in [-0.1, -0.05) is 254 Å². The molecule has 0 amide bonds. The van der Waals surface area contributed by atoms with E-state index in [0.717, 1.165) is 128 Å². The lowest BCUT2D eigenvalue weighted by Crippen LogP contribution is -2.61. The molecule has 0 bridgehead atoms. The minimum absolute atomic E-state index is 0.00911. The number of nitrogens with zero attached hydrogens (tertiary/aromatic N) is 6. The van der Waals surface area contributed by atoms with E-state index in [1.165, 1.54) is 11.1 Å². The van der Waals surface area contributed by atoms with Gasteiger partial charge < -0.3 is 23.5 Å². The van der Waals surface area contributed by atoms with Crippen molar-refractivity contribution in [1.29, 1.82) is 5.26 Å². The predicted octanol–water partition coefficient (Wildman–Crippen LogP) is 22.5. The van der Waals surface area contributed by atoms with Crippen LogP contribution < -0.4 is 26.2 Å². The summed E-state index contributed by atoms with van der Waals surface area (Å²) < 4.78 is 81.4. The molecule has 7 heteroatoms. The van der Waals surface area contributed by atoms with Crippen molar-refractivity contribution in [1.82, 2.24) is 13.7 Å². The van der Waals surface area contributed by atoms with E-state index < -0.39 is 43.0 Å². The van der Waals surface area contributed by atoms with Crippen LogP contribution >= 0.6 is 0 Å². The summed E-state index contributed by atoms with van der Waals surface area (Å²) in [6.45, 7) is 13.0. The largest absolute Gasteiger partial charge is 0.311 e. The summed E-state index contributed by atoms with van der Waals surface area (Å²) in [5.74, 6) is 0. The molecule has 0 unspecified atom stereocenters. The van der Waals surface area contributed by atoms with Crippen molar-refractivity contribution in [3.8, 4) is 56.5 Å². The van der Waals surface area contributed by atoms with Gasteiger partial charge in [-0.2, -0.15) is 5.26 Å². The molecular formula is C93H69BN6. The molecule has 0 aliphatic carbocycles. The summed E-state index contributed by atoms with van der Waals surface area (Å²) in [6, 6.07) is 91.2. The van der Waals surface area contributed by atoms with Gasteiger partial charge in [-0.05, 0) is 169 Å². The molecule has 2 aliphatic rings. The standard InChI is InChI=1S/C93H69BN6/c1-92(2,3)65-49-64(50-66(54-65)93(4,5)6)61-44-46-77-87(53-61)100(86-43-25-42-85(76(86)58-95)99-83-40-23-17-34-74(83)75-35-18-24-41-84(75)99)90-57-69(97-81-38-21-15-32-72(81)73-33-16-22-39-82(73)97)56-89-91(90)94(77)78-47-45-67(96-79-36-19-13-30-70(79)71-31-14-20-37-80(71)96)55-88(78)98(89)68-51-62(59-26-9-7-10-27-59)48-63(52-68)60-28-11-8-12-29-60/h7-57H,1-6H3/i13D,14D,19D,20D,30D,31D,36D,37D. The normalized spacial score (nSPS) is 13.9. The third kappa shape index (κ3) is 9.10. The summed E-state index contributed by atoms with van der Waals surface area (Å²) in [7, 11) is 0. The molecule has 0 fully saturated rings. The van der Waals surface area contributed by atoms with Gasteiger partial charge in [0, 0.05) is 66.4 Å². The van der Waals surface area contributed by atoms with Crippen LogP contribution in [0.3, 0.4) is 0 Å². The van der Waals surface area contributed by atoms with E-state index in [4.69, 9.17) is 2.74 Å². The van der Waals surface area contributed by atoms with Crippen molar-refractivity contribution in [3.63, 3.8) is 0 Å². The number of benzene rings is 14. The van der Waals surface area contributed by atoms with E-state index in [-0.39, 0.29) is 44.7 Å². The van der Waals surface area contributed by atoms with Crippen LogP contribution in [0.25, 0.3) is 116 Å². The highest BCUT2D eigenvalue weighted by Crippen LogP contribution is 2.51. The monoisotopic (exact) mass is 1290 g/mol. The fraction of sp³-hybridized carbons (Fsp3) is 0.0860. The first kappa shape index (κ1) is 50.9. The average molecular weight is 1290 g/mol. The van der Waals surface area contributed by atoms with Crippen molar-refractivity contribution >= 4 is 123 Å². The number of nitriles is 1. The van der Waals surface area contributed by atoms with Crippen LogP contribution in [0, 0.1) is 11.3 Å². The SMILES string of the molecule is [2H]c1c([2H])c([2H])c2c(c1[2H])c1c([2H])c([2H])c([2H])c([2H])c1n2-c1ccc2c(c1)N(c1cc(-c3ccccc3)cc(-c3ccccc3)c1)c1cc(-n3c4ccccc4c4ccccc43)cc3c1B2c1ccc(-c2cc(C(C)(C)C)cc(C(C)(C)C)c2)cc1N3c1cccc(-n2c3ccccc3c3ccccc32)c1C#N. The average Bonchev–Trinajstić information content (AvgIpc) is 0.863. The molecule has 3 aromatic heterocycles. The fourth-order valence-electron chi connectivity index (χ4n) is 16.0. The summed E-state index contributed by atoms with van der Waals surface area (Å²) in [6.07, 6.45) is 0. The maximum absolute atomic E-state index is 12.5. The van der Waals surface area contributed by atoms with Crippen molar-refractivity contribution in [3.05, 3.63) is 326 Å². The molecule has 0 spiro atoms. The number of para-hydroxylation sites is 6. The topological polar surface area (TPSA) is 45.1 Å². The van der Waals surface area contributed by atoms with Gasteiger partial charge in [0.25, 0.3) is 6.71 Å². The Morgan fingerprint density at radius 3 is 1.28 bits per heavy atom. The van der Waals surface area contributed by atoms with Crippen LogP contribution in [-0.4, -0.2) is 20.4 Å². The molecule has 14 aromatic carbocycles. The number of hydrogen-bond donors (Lipinski definition) is 0. The van der Waals surface area contributed by atoms with Crippen molar-refractivity contribution in [2.75, 3.05) is 9.80 Å². The molecule has 2 aliphatic heterocycles. The Kier molecular flexibility index (Phi) is 11.4. The summed E-state index contributed by atoms with van der Waals surface area (Å²) >= 11 is 0. The van der Waals surface area contributed by atoms with Crippen molar-refractivity contribution in [2.45, 2.75) is 52.4 Å². The Labute approximate surface area is 594 Å². The van der Waals surface area contributed by atoms with Gasteiger partial charge in [-0.3, -0.25) is 0 Å². The fourth-order valence-corrected chi connectivity index (χ4v) is 16.0. The van der Waals surface area contributed by atoms with Gasteiger partial charge in [0.05, 0.1) is 61.1 Å². The third-order valence-corrected chi connectivity index (χ3v) is 20.8. The van der Waals surface area contributed by atoms with Gasteiger partial charge in [0.15, 0.2) is 0 Å². The minimum Gasteiger partial charge on any atom is -0.311 e. The van der Waals surface area contributed by atoms with Gasteiger partial charge in [0.2, 0.25) is 0 Å². The second-order valence-electron chi connectivity index (χ2n) is 28.6. The molecule has 100 heavy (non-hydrogen) atoms. The summed E-state index contributed by atoms with van der Waals surface area (Å²) in [4.78, 5) is 4.68. The first-order valence-corrected chi connectivity index (χ1v) is 34.2. The molecule has 0 radical (unpaired) electrons.